The summed E-state index contributed by atoms with van der Waals surface area (Å²) in [4.78, 5) is 27.3. The fraction of sp³-hybridized carbons (Fsp3) is 0.231. The summed E-state index contributed by atoms with van der Waals surface area (Å²) >= 11 is 12.3. The van der Waals surface area contributed by atoms with E-state index in [1.54, 1.807) is 12.1 Å². The zero-order chi connectivity index (χ0) is 28.0. The maximum absolute atomic E-state index is 13.7. The van der Waals surface area contributed by atoms with E-state index in [-0.39, 0.29) is 22.2 Å². The van der Waals surface area contributed by atoms with Gasteiger partial charge in [-0.15, -0.1) is 0 Å². The molecule has 202 valence electrons. The topological polar surface area (TPSA) is 96.0 Å². The molecule has 2 amide bonds. The van der Waals surface area contributed by atoms with Crippen molar-refractivity contribution in [3.8, 4) is 5.75 Å². The predicted octanol–water partition coefficient (Wildman–Crippen LogP) is 4.50. The molecule has 3 aromatic carbocycles. The van der Waals surface area contributed by atoms with Gasteiger partial charge in [-0.2, -0.15) is 0 Å². The second-order valence-electron chi connectivity index (χ2n) is 8.21. The van der Waals surface area contributed by atoms with E-state index in [0.717, 1.165) is 16.4 Å². The first kappa shape index (κ1) is 29.2. The minimum absolute atomic E-state index is 0.0626. The quantitative estimate of drug-likeness (QED) is 0.380. The van der Waals surface area contributed by atoms with E-state index < -0.39 is 40.2 Å². The molecule has 0 spiro atoms. The number of carbonyl (C=O) groups is 2. The Morgan fingerprint density at radius 1 is 1.03 bits per heavy atom. The van der Waals surface area contributed by atoms with Crippen molar-refractivity contribution < 1.29 is 27.1 Å². The predicted molar refractivity (Wildman–Crippen MR) is 144 cm³/mol. The zero-order valence-corrected chi connectivity index (χ0v) is 23.1. The van der Waals surface area contributed by atoms with Crippen LogP contribution in [-0.4, -0.2) is 51.9 Å². The molecule has 0 aromatic heterocycles. The van der Waals surface area contributed by atoms with E-state index in [9.17, 15) is 22.4 Å². The van der Waals surface area contributed by atoms with Gasteiger partial charge >= 0.3 is 0 Å². The van der Waals surface area contributed by atoms with E-state index in [1.807, 2.05) is 0 Å². The summed E-state index contributed by atoms with van der Waals surface area (Å²) in [5.41, 5.74) is 0.569. The summed E-state index contributed by atoms with van der Waals surface area (Å²) in [5, 5.41) is 3.17. The lowest BCUT2D eigenvalue weighted by molar-refractivity contribution is -0.139. The minimum Gasteiger partial charge on any atom is -0.497 e. The number of rotatable bonds is 10. The Morgan fingerprint density at radius 2 is 1.66 bits per heavy atom. The van der Waals surface area contributed by atoms with E-state index >= 15 is 0 Å². The highest BCUT2D eigenvalue weighted by Gasteiger charge is 2.32. The van der Waals surface area contributed by atoms with Crippen LogP contribution < -0.4 is 14.4 Å². The van der Waals surface area contributed by atoms with Crippen molar-refractivity contribution >= 4 is 50.7 Å². The Bertz CT molecular complexity index is 1400. The van der Waals surface area contributed by atoms with Crippen molar-refractivity contribution in [3.05, 3.63) is 88.2 Å². The Balaban J connectivity index is 2.04. The molecule has 1 atom stereocenters. The van der Waals surface area contributed by atoms with Gasteiger partial charge in [0, 0.05) is 23.6 Å². The second-order valence-corrected chi connectivity index (χ2v) is 10.9. The molecule has 3 rings (SSSR count). The Kier molecular flexibility index (Phi) is 9.59. The molecule has 3 aromatic rings. The number of hydrogen-bond acceptors (Lipinski definition) is 5. The number of nitrogens with zero attached hydrogens (tertiary/aromatic N) is 2. The van der Waals surface area contributed by atoms with E-state index in [4.69, 9.17) is 27.9 Å². The molecule has 0 saturated heterocycles. The average molecular weight is 582 g/mol. The number of sulfonamides is 1. The largest absolute Gasteiger partial charge is 0.497 e. The summed E-state index contributed by atoms with van der Waals surface area (Å²) in [6.07, 6.45) is 0. The van der Waals surface area contributed by atoms with Crippen molar-refractivity contribution in [1.82, 2.24) is 10.2 Å². The van der Waals surface area contributed by atoms with Gasteiger partial charge in [-0.05, 0) is 73.2 Å². The van der Waals surface area contributed by atoms with Crippen LogP contribution in [0.3, 0.4) is 0 Å². The number of benzene rings is 3. The third-order valence-corrected chi connectivity index (χ3v) is 8.19. The van der Waals surface area contributed by atoms with Crippen molar-refractivity contribution in [3.63, 3.8) is 0 Å². The smallest absolute Gasteiger partial charge is 0.264 e. The first-order chi connectivity index (χ1) is 18.0. The highest BCUT2D eigenvalue weighted by Crippen LogP contribution is 2.27. The summed E-state index contributed by atoms with van der Waals surface area (Å²) in [5.74, 6) is -1.28. The van der Waals surface area contributed by atoms with Gasteiger partial charge in [-0.1, -0.05) is 29.3 Å². The van der Waals surface area contributed by atoms with E-state index in [1.165, 1.54) is 68.4 Å². The average Bonchev–Trinajstić information content (AvgIpc) is 2.90. The van der Waals surface area contributed by atoms with Crippen LogP contribution in [-0.2, 0) is 26.2 Å². The molecule has 12 heteroatoms. The van der Waals surface area contributed by atoms with Crippen LogP contribution in [0.5, 0.6) is 5.75 Å². The molecular weight excluding hydrogens is 556 g/mol. The van der Waals surface area contributed by atoms with Gasteiger partial charge in [-0.3, -0.25) is 13.9 Å². The van der Waals surface area contributed by atoms with Crippen molar-refractivity contribution in [2.24, 2.45) is 0 Å². The van der Waals surface area contributed by atoms with Gasteiger partial charge in [0.25, 0.3) is 10.0 Å². The third-order valence-electron chi connectivity index (χ3n) is 5.81. The van der Waals surface area contributed by atoms with Gasteiger partial charge in [0.15, 0.2) is 0 Å². The zero-order valence-electron chi connectivity index (χ0n) is 20.8. The normalized spacial score (nSPS) is 11.9. The molecule has 0 saturated carbocycles. The first-order valence-corrected chi connectivity index (χ1v) is 13.5. The lowest BCUT2D eigenvalue weighted by Gasteiger charge is -2.32. The fourth-order valence-corrected chi connectivity index (χ4v) is 5.52. The summed E-state index contributed by atoms with van der Waals surface area (Å²) in [6, 6.07) is 14.1. The number of halogens is 3. The summed E-state index contributed by atoms with van der Waals surface area (Å²) in [6.45, 7) is 0.747. The number of nitrogens with one attached hydrogen (secondary N) is 1. The van der Waals surface area contributed by atoms with Crippen LogP contribution in [0.2, 0.25) is 10.0 Å². The Labute approximate surface area is 231 Å². The number of anilines is 1. The van der Waals surface area contributed by atoms with Gasteiger partial charge < -0.3 is 15.0 Å². The lowest BCUT2D eigenvalue weighted by atomic mass is 10.1. The molecule has 0 fully saturated rings. The van der Waals surface area contributed by atoms with Crippen molar-refractivity contribution in [2.75, 3.05) is 25.0 Å². The highest BCUT2D eigenvalue weighted by molar-refractivity contribution is 7.92. The van der Waals surface area contributed by atoms with Crippen LogP contribution in [0.15, 0.2) is 71.6 Å². The monoisotopic (exact) mass is 581 g/mol. The van der Waals surface area contributed by atoms with Crippen LogP contribution in [0.25, 0.3) is 0 Å². The molecule has 0 heterocycles. The number of ether oxygens (including phenoxy) is 1. The van der Waals surface area contributed by atoms with Gasteiger partial charge in [-0.25, -0.2) is 12.8 Å². The number of methoxy groups -OCH3 is 1. The summed E-state index contributed by atoms with van der Waals surface area (Å²) < 4.78 is 47.0. The molecule has 0 unspecified atom stereocenters. The van der Waals surface area contributed by atoms with E-state index in [2.05, 4.69) is 5.32 Å². The Hall–Kier alpha value is -3.34. The third kappa shape index (κ3) is 6.75. The number of carbonyl (C=O) groups excluding carboxylic acids is 2. The molecule has 0 aliphatic heterocycles. The van der Waals surface area contributed by atoms with Crippen molar-refractivity contribution in [1.29, 1.82) is 0 Å². The minimum atomic E-state index is -4.29. The van der Waals surface area contributed by atoms with Crippen LogP contribution in [0.4, 0.5) is 10.1 Å². The van der Waals surface area contributed by atoms with E-state index in [0.29, 0.717) is 16.3 Å². The van der Waals surface area contributed by atoms with Gasteiger partial charge in [0.2, 0.25) is 11.8 Å². The standard InChI is InChI=1S/C26H26Cl2FN3O5S/c1-17(26(34)30-2)31(15-18-4-5-19(27)14-24(18)28)25(33)16-32(21-8-6-20(29)7-9-21)38(35,36)23-12-10-22(37-3)11-13-23/h4-14,17H,15-16H2,1-3H3,(H,30,34)/t17-/m1/s1. The van der Waals surface area contributed by atoms with Crippen LogP contribution in [0, 0.1) is 5.82 Å². The van der Waals surface area contributed by atoms with Gasteiger partial charge in [0.05, 0.1) is 17.7 Å². The maximum Gasteiger partial charge on any atom is 0.264 e. The van der Waals surface area contributed by atoms with Gasteiger partial charge in [0.1, 0.15) is 24.2 Å². The molecule has 1 N–H and O–H groups in total. The molecule has 0 bridgehead atoms. The molecule has 8 nitrogen and oxygen atoms in total. The molecule has 0 aliphatic rings. The summed E-state index contributed by atoms with van der Waals surface area (Å²) in [7, 11) is -1.42. The maximum atomic E-state index is 13.7. The molecule has 0 radical (unpaired) electrons. The van der Waals surface area contributed by atoms with Crippen LogP contribution in [0.1, 0.15) is 12.5 Å². The fourth-order valence-electron chi connectivity index (χ4n) is 3.64. The lowest BCUT2D eigenvalue weighted by Crippen LogP contribution is -2.50. The molecule has 38 heavy (non-hydrogen) atoms. The number of likely N-dealkylation sites (N-methyl/N-ethyl adjacent to an activating group) is 1. The second kappa shape index (κ2) is 12.5. The number of amides is 2. The molecular formula is C26H26Cl2FN3O5S. The molecule has 0 aliphatic carbocycles. The Morgan fingerprint density at radius 3 is 2.21 bits per heavy atom. The SMILES string of the molecule is CNC(=O)[C@@H](C)N(Cc1ccc(Cl)cc1Cl)C(=O)CN(c1ccc(F)cc1)S(=O)(=O)c1ccc(OC)cc1. The van der Waals surface area contributed by atoms with Crippen LogP contribution >= 0.6 is 23.2 Å². The highest BCUT2D eigenvalue weighted by atomic mass is 35.5. The first-order valence-electron chi connectivity index (χ1n) is 11.3. The van der Waals surface area contributed by atoms with Crippen molar-refractivity contribution in [2.45, 2.75) is 24.4 Å². The number of hydrogen-bond donors (Lipinski definition) is 1.